The molecule has 0 unspecified atom stereocenters. The lowest BCUT2D eigenvalue weighted by atomic mass is 10.0. The predicted molar refractivity (Wildman–Crippen MR) is 90.1 cm³/mol. The molecule has 126 valence electrons. The van der Waals surface area contributed by atoms with E-state index in [2.05, 4.69) is 0 Å². The van der Waals surface area contributed by atoms with Crippen LogP contribution >= 0.6 is 7.60 Å². The molecule has 1 saturated heterocycles. The minimum atomic E-state index is -3.68. The summed E-state index contributed by atoms with van der Waals surface area (Å²) in [4.78, 5) is 12.8. The third kappa shape index (κ3) is 2.54. The number of benzene rings is 2. The number of ether oxygens (including phenoxy) is 1. The predicted octanol–water partition coefficient (Wildman–Crippen LogP) is 3.92. The van der Waals surface area contributed by atoms with Gasteiger partial charge in [0, 0.05) is 19.8 Å². The van der Waals surface area contributed by atoms with E-state index < -0.39 is 19.0 Å². The van der Waals surface area contributed by atoms with E-state index in [9.17, 15) is 9.36 Å². The van der Waals surface area contributed by atoms with E-state index in [4.69, 9.17) is 13.8 Å². The van der Waals surface area contributed by atoms with Crippen LogP contribution in [0.3, 0.4) is 0 Å². The fourth-order valence-corrected chi connectivity index (χ4v) is 4.65. The van der Waals surface area contributed by atoms with E-state index in [-0.39, 0.29) is 5.78 Å². The fraction of sp³-hybridized carbons (Fsp3) is 0.278. The molecule has 0 bridgehead atoms. The zero-order chi connectivity index (χ0) is 17.4. The summed E-state index contributed by atoms with van der Waals surface area (Å²) in [6.07, 6.45) is -0.909. The molecule has 2 aromatic carbocycles. The Morgan fingerprint density at radius 2 is 1.62 bits per heavy atom. The Bertz CT molecular complexity index is 779. The molecule has 2 atom stereocenters. The summed E-state index contributed by atoms with van der Waals surface area (Å²) in [5.41, 5.74) is 2.15. The molecule has 3 rings (SSSR count). The van der Waals surface area contributed by atoms with Crippen molar-refractivity contribution in [1.82, 2.24) is 0 Å². The van der Waals surface area contributed by atoms with Gasteiger partial charge in [-0.3, -0.25) is 9.36 Å². The Morgan fingerprint density at radius 3 is 2.17 bits per heavy atom. The lowest BCUT2D eigenvalue weighted by molar-refractivity contribution is 0.0953. The summed E-state index contributed by atoms with van der Waals surface area (Å²) in [6.45, 7) is 1.95. The standard InChI is InChI=1S/C18H19O5P/c1-13-9-11-15(12-10-13)18(24(20,21-2)22-3)17(23-18)16(19)14-7-5-4-6-8-14/h4-12,17H,1-3H3/t17-,18-/m0/s1. The first-order valence-electron chi connectivity index (χ1n) is 7.54. The third-order valence-electron chi connectivity index (χ3n) is 4.24. The lowest BCUT2D eigenvalue weighted by Crippen LogP contribution is -2.21. The first-order chi connectivity index (χ1) is 11.5. The topological polar surface area (TPSA) is 65.1 Å². The first-order valence-corrected chi connectivity index (χ1v) is 9.08. The van der Waals surface area contributed by atoms with Crippen LogP contribution in [0.4, 0.5) is 0 Å². The number of rotatable bonds is 6. The number of hydrogen-bond acceptors (Lipinski definition) is 5. The Balaban J connectivity index is 2.05. The molecule has 1 fully saturated rings. The van der Waals surface area contributed by atoms with E-state index in [0.29, 0.717) is 11.1 Å². The fourth-order valence-electron chi connectivity index (χ4n) is 2.85. The maximum Gasteiger partial charge on any atom is 0.369 e. The second kappa shape index (κ2) is 6.26. The number of epoxide rings is 1. The molecule has 0 N–H and O–H groups in total. The Labute approximate surface area is 141 Å². The summed E-state index contributed by atoms with van der Waals surface area (Å²) >= 11 is 0. The van der Waals surface area contributed by atoms with Crippen LogP contribution in [0.1, 0.15) is 21.5 Å². The van der Waals surface area contributed by atoms with Gasteiger partial charge in [-0.25, -0.2) is 0 Å². The van der Waals surface area contributed by atoms with Crippen LogP contribution in [0.2, 0.25) is 0 Å². The Hall–Kier alpha value is -1.78. The van der Waals surface area contributed by atoms with Crippen LogP contribution in [0.5, 0.6) is 0 Å². The smallest absolute Gasteiger partial charge is 0.339 e. The molecule has 0 spiro atoms. The van der Waals surface area contributed by atoms with Crippen molar-refractivity contribution in [2.45, 2.75) is 18.4 Å². The van der Waals surface area contributed by atoms with Gasteiger partial charge in [-0.2, -0.15) is 0 Å². The van der Waals surface area contributed by atoms with Crippen LogP contribution in [0.15, 0.2) is 54.6 Å². The van der Waals surface area contributed by atoms with Gasteiger partial charge in [-0.15, -0.1) is 0 Å². The molecule has 0 aromatic heterocycles. The van der Waals surface area contributed by atoms with Crippen molar-refractivity contribution in [3.63, 3.8) is 0 Å². The minimum absolute atomic E-state index is 0.245. The molecular weight excluding hydrogens is 327 g/mol. The molecule has 0 radical (unpaired) electrons. The summed E-state index contributed by atoms with van der Waals surface area (Å²) in [7, 11) is -1.09. The molecule has 5 nitrogen and oxygen atoms in total. The van der Waals surface area contributed by atoms with Crippen molar-refractivity contribution in [3.8, 4) is 0 Å². The van der Waals surface area contributed by atoms with Gasteiger partial charge in [-0.05, 0) is 12.5 Å². The third-order valence-corrected chi connectivity index (χ3v) is 6.62. The minimum Gasteiger partial charge on any atom is -0.339 e. The molecule has 24 heavy (non-hydrogen) atoms. The molecule has 2 aromatic rings. The van der Waals surface area contributed by atoms with Gasteiger partial charge < -0.3 is 13.8 Å². The second-order valence-corrected chi connectivity index (χ2v) is 8.04. The van der Waals surface area contributed by atoms with Crippen molar-refractivity contribution in [3.05, 3.63) is 71.3 Å². The van der Waals surface area contributed by atoms with Crippen molar-refractivity contribution in [2.24, 2.45) is 0 Å². The molecule has 1 aliphatic heterocycles. The van der Waals surface area contributed by atoms with Crippen LogP contribution in [0, 0.1) is 6.92 Å². The van der Waals surface area contributed by atoms with Gasteiger partial charge in [0.2, 0.25) is 5.34 Å². The highest BCUT2D eigenvalue weighted by Gasteiger charge is 2.74. The van der Waals surface area contributed by atoms with Gasteiger partial charge in [0.25, 0.3) is 0 Å². The molecule has 0 saturated carbocycles. The van der Waals surface area contributed by atoms with Crippen LogP contribution in [-0.4, -0.2) is 26.1 Å². The van der Waals surface area contributed by atoms with Gasteiger partial charge >= 0.3 is 7.60 Å². The number of aryl methyl sites for hydroxylation is 1. The molecule has 0 amide bonds. The van der Waals surface area contributed by atoms with Crippen molar-refractivity contribution < 1.29 is 23.1 Å². The largest absolute Gasteiger partial charge is 0.369 e. The summed E-state index contributed by atoms with van der Waals surface area (Å²) < 4.78 is 29.2. The van der Waals surface area contributed by atoms with Crippen molar-refractivity contribution >= 4 is 13.4 Å². The van der Waals surface area contributed by atoms with E-state index in [1.54, 1.807) is 36.4 Å². The highest BCUT2D eigenvalue weighted by atomic mass is 31.2. The highest BCUT2D eigenvalue weighted by molar-refractivity contribution is 7.55. The molecular formula is C18H19O5P. The van der Waals surface area contributed by atoms with Crippen molar-refractivity contribution in [1.29, 1.82) is 0 Å². The van der Waals surface area contributed by atoms with E-state index in [1.165, 1.54) is 14.2 Å². The van der Waals surface area contributed by atoms with Crippen LogP contribution < -0.4 is 0 Å². The molecule has 1 aliphatic rings. The quantitative estimate of drug-likeness (QED) is 0.451. The van der Waals surface area contributed by atoms with Crippen LogP contribution in [-0.2, 0) is 23.7 Å². The molecule has 6 heteroatoms. The van der Waals surface area contributed by atoms with Gasteiger partial charge in [0.1, 0.15) is 0 Å². The SMILES string of the molecule is COP(=O)(OC)[C@]1(c2ccc(C)cc2)O[C@H]1C(=O)c1ccccc1. The summed E-state index contributed by atoms with van der Waals surface area (Å²) in [5.74, 6) is -0.245. The average molecular weight is 346 g/mol. The lowest BCUT2D eigenvalue weighted by Gasteiger charge is -2.22. The number of carbonyl (C=O) groups excluding carboxylic acids is 1. The monoisotopic (exact) mass is 346 g/mol. The number of Topliss-reactive ketones (excluding diaryl/α,β-unsaturated/α-hetero) is 1. The summed E-state index contributed by atoms with van der Waals surface area (Å²) in [6, 6.07) is 16.1. The summed E-state index contributed by atoms with van der Waals surface area (Å²) in [5, 5.41) is -1.41. The first kappa shape index (κ1) is 17.1. The second-order valence-electron chi connectivity index (χ2n) is 5.65. The maximum atomic E-state index is 13.1. The number of ketones is 1. The zero-order valence-electron chi connectivity index (χ0n) is 13.8. The van der Waals surface area contributed by atoms with Crippen molar-refractivity contribution in [2.75, 3.05) is 14.2 Å². The van der Waals surface area contributed by atoms with E-state index in [0.717, 1.165) is 5.56 Å². The zero-order valence-corrected chi connectivity index (χ0v) is 14.7. The maximum absolute atomic E-state index is 13.1. The highest BCUT2D eigenvalue weighted by Crippen LogP contribution is 2.74. The van der Waals surface area contributed by atoms with E-state index in [1.807, 2.05) is 25.1 Å². The Morgan fingerprint density at radius 1 is 1.04 bits per heavy atom. The van der Waals surface area contributed by atoms with Crippen LogP contribution in [0.25, 0.3) is 0 Å². The van der Waals surface area contributed by atoms with Gasteiger partial charge in [-0.1, -0.05) is 60.2 Å². The average Bonchev–Trinajstić information content (AvgIpc) is 3.39. The Kier molecular flexibility index (Phi) is 4.45. The number of hydrogen-bond donors (Lipinski definition) is 0. The van der Waals surface area contributed by atoms with Gasteiger partial charge in [0.05, 0.1) is 0 Å². The molecule has 1 heterocycles. The van der Waals surface area contributed by atoms with Gasteiger partial charge in [0.15, 0.2) is 11.9 Å². The molecule has 0 aliphatic carbocycles. The number of carbonyl (C=O) groups is 1. The normalized spacial score (nSPS) is 23.0. The van der Waals surface area contributed by atoms with E-state index >= 15 is 0 Å².